The van der Waals surface area contributed by atoms with Crippen molar-refractivity contribution in [2.75, 3.05) is 5.32 Å². The third-order valence-electron chi connectivity index (χ3n) is 3.91. The summed E-state index contributed by atoms with van der Waals surface area (Å²) in [6.07, 6.45) is -2.01. The molecule has 8 heteroatoms. The smallest absolute Gasteiger partial charge is 0.395 e. The molecular weight excluding hydrogens is 365 g/mol. The first-order valence-electron chi connectivity index (χ1n) is 7.75. The Morgan fingerprint density at radius 3 is 2.65 bits per heavy atom. The number of anilines is 1. The Labute approximate surface area is 151 Å². The summed E-state index contributed by atoms with van der Waals surface area (Å²) in [7, 11) is 0. The van der Waals surface area contributed by atoms with Crippen molar-refractivity contribution in [3.05, 3.63) is 59.5 Å². The van der Waals surface area contributed by atoms with E-state index in [0.29, 0.717) is 17.2 Å². The summed E-state index contributed by atoms with van der Waals surface area (Å²) in [5.74, 6) is -0.284. The van der Waals surface area contributed by atoms with E-state index in [1.54, 1.807) is 31.3 Å². The van der Waals surface area contributed by atoms with E-state index < -0.39 is 6.29 Å². The Balaban J connectivity index is 1.55. The number of halogens is 3. The second kappa shape index (κ2) is 6.21. The van der Waals surface area contributed by atoms with Crippen molar-refractivity contribution in [2.24, 2.45) is 0 Å². The van der Waals surface area contributed by atoms with Gasteiger partial charge in [-0.3, -0.25) is 0 Å². The normalized spacial score (nSPS) is 14.5. The molecule has 1 aliphatic heterocycles. The lowest BCUT2D eigenvalue weighted by atomic mass is 10.1. The fourth-order valence-corrected chi connectivity index (χ4v) is 3.55. The zero-order chi connectivity index (χ0) is 18.3. The van der Waals surface area contributed by atoms with Crippen molar-refractivity contribution >= 4 is 16.5 Å². The minimum absolute atomic E-state index is 0.00938. The number of nitrogens with zero attached hydrogens (tertiary/aromatic N) is 1. The van der Waals surface area contributed by atoms with Crippen LogP contribution in [0.1, 0.15) is 11.1 Å². The fourth-order valence-electron chi connectivity index (χ4n) is 2.66. The first kappa shape index (κ1) is 16.7. The molecule has 0 amide bonds. The van der Waals surface area contributed by atoms with E-state index in [2.05, 4.69) is 19.8 Å². The number of alkyl halides is 2. The number of fused-ring (bicyclic) bond motifs is 1. The molecule has 3 aromatic rings. The van der Waals surface area contributed by atoms with Crippen molar-refractivity contribution in [1.82, 2.24) is 4.98 Å². The summed E-state index contributed by atoms with van der Waals surface area (Å²) in [4.78, 5) is 5.04. The van der Waals surface area contributed by atoms with Gasteiger partial charge < -0.3 is 14.8 Å². The molecule has 1 aliphatic rings. The topological polar surface area (TPSA) is 43.4 Å². The van der Waals surface area contributed by atoms with Crippen molar-refractivity contribution in [2.45, 2.75) is 19.8 Å². The largest absolute Gasteiger partial charge is 0.586 e. The molecule has 0 unspecified atom stereocenters. The number of thiazole rings is 1. The average Bonchev–Trinajstić information content (AvgIpc) is 3.15. The maximum Gasteiger partial charge on any atom is 0.586 e. The molecule has 1 aromatic heterocycles. The first-order valence-corrected chi connectivity index (χ1v) is 8.57. The Bertz CT molecular complexity index is 975. The number of ether oxygens (including phenoxy) is 2. The number of rotatable bonds is 4. The van der Waals surface area contributed by atoms with E-state index in [1.165, 1.54) is 29.5 Å². The van der Waals surface area contributed by atoms with Gasteiger partial charge >= 0.3 is 6.29 Å². The van der Waals surface area contributed by atoms with Gasteiger partial charge in [0.2, 0.25) is 0 Å². The molecular formula is C18H13F3N2O2S. The summed E-state index contributed by atoms with van der Waals surface area (Å²) >= 11 is 1.34. The van der Waals surface area contributed by atoms with Crippen LogP contribution in [0.2, 0.25) is 0 Å². The van der Waals surface area contributed by atoms with Gasteiger partial charge in [0.1, 0.15) is 5.82 Å². The second-order valence-corrected chi connectivity index (χ2v) is 6.79. The third-order valence-corrected chi connectivity index (χ3v) is 4.90. The van der Waals surface area contributed by atoms with E-state index in [1.807, 2.05) is 0 Å². The summed E-state index contributed by atoms with van der Waals surface area (Å²) in [5, 5.41) is 3.67. The van der Waals surface area contributed by atoms with Gasteiger partial charge in [-0.15, -0.1) is 8.78 Å². The predicted octanol–water partition coefficient (Wildman–Crippen LogP) is 5.19. The Kier molecular flexibility index (Phi) is 3.99. The quantitative estimate of drug-likeness (QED) is 0.678. The van der Waals surface area contributed by atoms with Crippen LogP contribution in [0.4, 0.5) is 18.3 Å². The minimum atomic E-state index is -3.65. The van der Waals surface area contributed by atoms with Crippen LogP contribution in [-0.2, 0) is 6.54 Å². The Morgan fingerprint density at radius 2 is 1.88 bits per heavy atom. The van der Waals surface area contributed by atoms with E-state index >= 15 is 0 Å². The molecule has 26 heavy (non-hydrogen) atoms. The molecule has 0 radical (unpaired) electrons. The number of benzene rings is 2. The number of hydrogen-bond donors (Lipinski definition) is 1. The van der Waals surface area contributed by atoms with Crippen LogP contribution in [-0.4, -0.2) is 11.3 Å². The zero-order valence-corrected chi connectivity index (χ0v) is 14.4. The third kappa shape index (κ3) is 3.20. The molecule has 0 saturated carbocycles. The van der Waals surface area contributed by atoms with Gasteiger partial charge in [-0.25, -0.2) is 9.37 Å². The number of aromatic nitrogens is 1. The Morgan fingerprint density at radius 1 is 1.15 bits per heavy atom. The molecule has 0 fully saturated rings. The maximum absolute atomic E-state index is 13.7. The maximum atomic E-state index is 13.7. The van der Waals surface area contributed by atoms with Gasteiger partial charge in [0.25, 0.3) is 0 Å². The molecule has 2 heterocycles. The lowest BCUT2D eigenvalue weighted by Crippen LogP contribution is -2.25. The summed E-state index contributed by atoms with van der Waals surface area (Å²) in [6.45, 7) is 2.09. The van der Waals surface area contributed by atoms with E-state index in [9.17, 15) is 13.2 Å². The van der Waals surface area contributed by atoms with Crippen LogP contribution < -0.4 is 14.8 Å². The number of aryl methyl sites for hydroxylation is 1. The highest BCUT2D eigenvalue weighted by Crippen LogP contribution is 2.45. The minimum Gasteiger partial charge on any atom is -0.395 e. The van der Waals surface area contributed by atoms with Crippen LogP contribution >= 0.6 is 11.3 Å². The number of nitrogens with one attached hydrogen (secondary N) is 1. The summed E-state index contributed by atoms with van der Waals surface area (Å²) in [5.41, 5.74) is 2.02. The molecule has 0 saturated heterocycles. The monoisotopic (exact) mass is 378 g/mol. The van der Waals surface area contributed by atoms with Crippen molar-refractivity contribution < 1.29 is 22.6 Å². The lowest BCUT2D eigenvalue weighted by Gasteiger charge is -2.05. The fraction of sp³-hybridized carbons (Fsp3) is 0.167. The van der Waals surface area contributed by atoms with Crippen LogP contribution in [0.25, 0.3) is 10.4 Å². The molecule has 0 aliphatic carbocycles. The predicted molar refractivity (Wildman–Crippen MR) is 92.2 cm³/mol. The van der Waals surface area contributed by atoms with Crippen molar-refractivity contribution in [1.29, 1.82) is 0 Å². The standard InChI is InChI=1S/C18H13F3N2O2S/c1-10-6-14-15(25-18(20,21)24-14)7-12(10)16-9-23-17(26-16)22-8-11-4-2-3-5-13(11)19/h2-7,9H,8H2,1H3,(H,22,23). The zero-order valence-electron chi connectivity index (χ0n) is 13.6. The van der Waals surface area contributed by atoms with E-state index in [0.717, 1.165) is 16.0 Å². The van der Waals surface area contributed by atoms with E-state index in [-0.39, 0.29) is 17.3 Å². The van der Waals surface area contributed by atoms with Gasteiger partial charge in [-0.2, -0.15) is 0 Å². The van der Waals surface area contributed by atoms with E-state index in [4.69, 9.17) is 0 Å². The van der Waals surface area contributed by atoms with Crippen LogP contribution in [0.3, 0.4) is 0 Å². The SMILES string of the molecule is Cc1cc2c(cc1-c1cnc(NCc3ccccc3F)s1)OC(F)(F)O2. The molecule has 0 bridgehead atoms. The number of hydrogen-bond acceptors (Lipinski definition) is 5. The highest BCUT2D eigenvalue weighted by Gasteiger charge is 2.43. The molecule has 2 aromatic carbocycles. The van der Waals surface area contributed by atoms with Gasteiger partial charge in [0.15, 0.2) is 16.6 Å². The van der Waals surface area contributed by atoms with Gasteiger partial charge in [0.05, 0.1) is 4.88 Å². The molecule has 4 nitrogen and oxygen atoms in total. The average molecular weight is 378 g/mol. The lowest BCUT2D eigenvalue weighted by molar-refractivity contribution is -0.286. The van der Waals surface area contributed by atoms with Crippen LogP contribution in [0.5, 0.6) is 11.5 Å². The highest BCUT2D eigenvalue weighted by molar-refractivity contribution is 7.18. The Hall–Kier alpha value is -2.74. The van der Waals surface area contributed by atoms with Crippen LogP contribution in [0, 0.1) is 12.7 Å². The molecule has 0 spiro atoms. The van der Waals surface area contributed by atoms with Crippen LogP contribution in [0.15, 0.2) is 42.6 Å². The second-order valence-electron chi connectivity index (χ2n) is 5.76. The molecule has 1 N–H and O–H groups in total. The van der Waals surface area contributed by atoms with Crippen molar-refractivity contribution in [3.8, 4) is 21.9 Å². The first-order chi connectivity index (χ1) is 12.4. The molecule has 4 rings (SSSR count). The van der Waals surface area contributed by atoms with Crippen molar-refractivity contribution in [3.63, 3.8) is 0 Å². The molecule has 134 valence electrons. The van der Waals surface area contributed by atoms with Gasteiger partial charge in [-0.1, -0.05) is 29.5 Å². The highest BCUT2D eigenvalue weighted by atomic mass is 32.1. The van der Waals surface area contributed by atoms with Gasteiger partial charge in [-0.05, 0) is 30.7 Å². The summed E-state index contributed by atoms with van der Waals surface area (Å²) in [6, 6.07) is 9.51. The van der Waals surface area contributed by atoms with Gasteiger partial charge in [0, 0.05) is 23.9 Å². The molecule has 0 atom stereocenters. The summed E-state index contributed by atoms with van der Waals surface area (Å²) < 4.78 is 49.0.